The molecule has 110 valence electrons. The number of alkyl halides is 3. The van der Waals surface area contributed by atoms with Crippen molar-refractivity contribution in [2.24, 2.45) is 0 Å². The summed E-state index contributed by atoms with van der Waals surface area (Å²) in [5.41, 5.74) is -0.403. The summed E-state index contributed by atoms with van der Waals surface area (Å²) in [4.78, 5) is 15.3. The quantitative estimate of drug-likeness (QED) is 0.559. The number of halogens is 5. The van der Waals surface area contributed by atoms with Crippen LogP contribution in [0.5, 0.6) is 0 Å². The summed E-state index contributed by atoms with van der Waals surface area (Å²) in [6, 6.07) is 8.84. The topological polar surface area (TPSA) is 30.0 Å². The lowest BCUT2D eigenvalue weighted by Crippen LogP contribution is -2.11. The molecule has 1 heterocycles. The Bertz CT molecular complexity index is 671. The average molecular weight is 379 g/mol. The van der Waals surface area contributed by atoms with Gasteiger partial charge in [-0.1, -0.05) is 39.7 Å². The first kappa shape index (κ1) is 16.0. The molecule has 0 spiro atoms. The fourth-order valence-corrected chi connectivity index (χ4v) is 2.21. The number of carbonyl (C=O) groups excluding carboxylic acids is 1. The number of benzene rings is 1. The van der Waals surface area contributed by atoms with Gasteiger partial charge in [-0.15, -0.1) is 0 Å². The van der Waals surface area contributed by atoms with Crippen molar-refractivity contribution in [1.82, 2.24) is 4.98 Å². The number of pyridine rings is 1. The van der Waals surface area contributed by atoms with Gasteiger partial charge in [-0.05, 0) is 29.8 Å². The highest BCUT2D eigenvalue weighted by atomic mass is 79.9. The fourth-order valence-electron chi connectivity index (χ4n) is 1.68. The second-order valence-electron chi connectivity index (χ2n) is 4.26. The van der Waals surface area contributed by atoms with Crippen molar-refractivity contribution < 1.29 is 18.0 Å². The zero-order valence-corrected chi connectivity index (χ0v) is 12.8. The van der Waals surface area contributed by atoms with Crippen molar-refractivity contribution in [2.75, 3.05) is 0 Å². The van der Waals surface area contributed by atoms with Gasteiger partial charge >= 0.3 is 6.18 Å². The minimum Gasteiger partial charge on any atom is -0.294 e. The molecule has 2 nitrogen and oxygen atoms in total. The Morgan fingerprint density at radius 1 is 1.14 bits per heavy atom. The summed E-state index contributed by atoms with van der Waals surface area (Å²) in [6.45, 7) is 0. The van der Waals surface area contributed by atoms with Gasteiger partial charge in [0.1, 0.15) is 10.8 Å². The van der Waals surface area contributed by atoms with Crippen molar-refractivity contribution in [3.05, 3.63) is 62.8 Å². The highest BCUT2D eigenvalue weighted by Gasteiger charge is 2.33. The lowest BCUT2D eigenvalue weighted by Gasteiger charge is -2.08. The molecular formula is C14H8BrClF3NO. The van der Waals surface area contributed by atoms with Gasteiger partial charge in [-0.25, -0.2) is 4.98 Å². The molecule has 0 aliphatic heterocycles. The highest BCUT2D eigenvalue weighted by Crippen LogP contribution is 2.29. The van der Waals surface area contributed by atoms with Crippen molar-refractivity contribution in [3.63, 3.8) is 0 Å². The third kappa shape index (κ3) is 4.04. The molecule has 0 unspecified atom stereocenters. The molecule has 0 bridgehead atoms. The minimum absolute atomic E-state index is 0.0208. The standard InChI is InChI=1S/C14H8BrClF3NO/c15-9-3-1-8(2-4-9)7-11(21)10-5-6-12(14(17,18)19)20-13(10)16/h1-6H,7H2. The van der Waals surface area contributed by atoms with Crippen LogP contribution in [0, 0.1) is 0 Å². The van der Waals surface area contributed by atoms with E-state index in [9.17, 15) is 18.0 Å². The number of hydrogen-bond donors (Lipinski definition) is 0. The molecule has 0 fully saturated rings. The Morgan fingerprint density at radius 2 is 1.76 bits per heavy atom. The lowest BCUT2D eigenvalue weighted by atomic mass is 10.0. The van der Waals surface area contributed by atoms with E-state index in [1.807, 2.05) is 0 Å². The van der Waals surface area contributed by atoms with Crippen LogP contribution in [0.2, 0.25) is 5.15 Å². The van der Waals surface area contributed by atoms with Gasteiger partial charge in [0.15, 0.2) is 5.78 Å². The largest absolute Gasteiger partial charge is 0.433 e. The Balaban J connectivity index is 2.22. The van der Waals surface area contributed by atoms with Gasteiger partial charge in [0, 0.05) is 10.9 Å². The van der Waals surface area contributed by atoms with E-state index in [1.165, 1.54) is 0 Å². The smallest absolute Gasteiger partial charge is 0.294 e. The van der Waals surface area contributed by atoms with Crippen molar-refractivity contribution in [1.29, 1.82) is 0 Å². The van der Waals surface area contributed by atoms with Crippen molar-refractivity contribution in [3.8, 4) is 0 Å². The molecule has 0 saturated carbocycles. The van der Waals surface area contributed by atoms with Gasteiger partial charge in [-0.3, -0.25) is 4.79 Å². The van der Waals surface area contributed by atoms with E-state index in [0.717, 1.165) is 22.2 Å². The average Bonchev–Trinajstić information content (AvgIpc) is 2.40. The number of Topliss-reactive ketones (excluding diaryl/α,β-unsaturated/α-hetero) is 1. The van der Waals surface area contributed by atoms with Crippen LogP contribution >= 0.6 is 27.5 Å². The third-order valence-electron chi connectivity index (χ3n) is 2.72. The SMILES string of the molecule is O=C(Cc1ccc(Br)cc1)c1ccc(C(F)(F)F)nc1Cl. The van der Waals surface area contributed by atoms with Crippen LogP contribution in [0.25, 0.3) is 0 Å². The third-order valence-corrected chi connectivity index (χ3v) is 3.53. The van der Waals surface area contributed by atoms with Crippen LogP contribution in [0.1, 0.15) is 21.6 Å². The summed E-state index contributed by atoms with van der Waals surface area (Å²) >= 11 is 8.95. The maximum Gasteiger partial charge on any atom is 0.433 e. The first-order valence-corrected chi connectivity index (χ1v) is 6.96. The molecule has 0 atom stereocenters. The molecule has 7 heteroatoms. The van der Waals surface area contributed by atoms with Gasteiger partial charge in [0.05, 0.1) is 5.56 Å². The predicted molar refractivity (Wildman–Crippen MR) is 76.4 cm³/mol. The van der Waals surface area contributed by atoms with Crippen LogP contribution in [0.3, 0.4) is 0 Å². The fraction of sp³-hybridized carbons (Fsp3) is 0.143. The molecule has 1 aromatic heterocycles. The minimum atomic E-state index is -4.59. The lowest BCUT2D eigenvalue weighted by molar-refractivity contribution is -0.141. The second-order valence-corrected chi connectivity index (χ2v) is 5.53. The molecule has 0 amide bonds. The summed E-state index contributed by atoms with van der Waals surface area (Å²) in [5.74, 6) is -0.386. The van der Waals surface area contributed by atoms with E-state index >= 15 is 0 Å². The molecule has 0 aliphatic carbocycles. The Labute approximate surface area is 132 Å². The first-order chi connectivity index (χ1) is 9.77. The molecule has 2 rings (SSSR count). The van der Waals surface area contributed by atoms with Gasteiger partial charge < -0.3 is 0 Å². The molecule has 0 saturated heterocycles. The van der Waals surface area contributed by atoms with Gasteiger partial charge in [-0.2, -0.15) is 13.2 Å². The molecular weight excluding hydrogens is 371 g/mol. The summed E-state index contributed by atoms with van der Waals surface area (Å²) in [7, 11) is 0. The summed E-state index contributed by atoms with van der Waals surface area (Å²) < 4.78 is 38.3. The van der Waals surface area contributed by atoms with E-state index in [0.29, 0.717) is 0 Å². The number of nitrogens with zero attached hydrogens (tertiary/aromatic N) is 1. The number of carbonyl (C=O) groups is 1. The van der Waals surface area contributed by atoms with E-state index in [-0.39, 0.29) is 17.8 Å². The van der Waals surface area contributed by atoms with Crippen LogP contribution in [-0.2, 0) is 12.6 Å². The monoisotopic (exact) mass is 377 g/mol. The van der Waals surface area contributed by atoms with Crippen LogP contribution in [-0.4, -0.2) is 10.8 Å². The molecule has 2 aromatic rings. The van der Waals surface area contributed by atoms with E-state index in [2.05, 4.69) is 20.9 Å². The zero-order chi connectivity index (χ0) is 15.6. The van der Waals surface area contributed by atoms with Gasteiger partial charge in [0.25, 0.3) is 0 Å². The zero-order valence-electron chi connectivity index (χ0n) is 10.4. The number of aromatic nitrogens is 1. The van der Waals surface area contributed by atoms with Crippen molar-refractivity contribution in [2.45, 2.75) is 12.6 Å². The van der Waals surface area contributed by atoms with E-state index in [1.54, 1.807) is 24.3 Å². The number of ketones is 1. The van der Waals surface area contributed by atoms with E-state index < -0.39 is 17.0 Å². The Hall–Kier alpha value is -1.40. The highest BCUT2D eigenvalue weighted by molar-refractivity contribution is 9.10. The predicted octanol–water partition coefficient (Wildman–Crippen LogP) is 4.94. The van der Waals surface area contributed by atoms with E-state index in [4.69, 9.17) is 11.6 Å². The molecule has 1 aromatic carbocycles. The molecule has 0 N–H and O–H groups in total. The van der Waals surface area contributed by atoms with Crippen LogP contribution in [0.15, 0.2) is 40.9 Å². The normalized spacial score (nSPS) is 11.5. The first-order valence-electron chi connectivity index (χ1n) is 5.79. The molecule has 21 heavy (non-hydrogen) atoms. The second kappa shape index (κ2) is 6.15. The van der Waals surface area contributed by atoms with Crippen molar-refractivity contribution >= 4 is 33.3 Å². The Kier molecular flexibility index (Phi) is 4.68. The number of rotatable bonds is 3. The number of hydrogen-bond acceptors (Lipinski definition) is 2. The Morgan fingerprint density at radius 3 is 2.29 bits per heavy atom. The van der Waals surface area contributed by atoms with Crippen LogP contribution < -0.4 is 0 Å². The maximum absolute atomic E-state index is 12.5. The maximum atomic E-state index is 12.5. The molecule has 0 radical (unpaired) electrons. The van der Waals surface area contributed by atoms with Gasteiger partial charge in [0.2, 0.25) is 0 Å². The van der Waals surface area contributed by atoms with Crippen LogP contribution in [0.4, 0.5) is 13.2 Å². The summed E-state index contributed by atoms with van der Waals surface area (Å²) in [5, 5.41) is -0.438. The molecule has 0 aliphatic rings. The summed E-state index contributed by atoms with van der Waals surface area (Å²) in [6.07, 6.45) is -4.54.